The number of unbranched alkanes of at least 4 members (excludes halogenated alkanes) is 3. The highest BCUT2D eigenvalue weighted by Crippen LogP contribution is 2.02. The lowest BCUT2D eigenvalue weighted by Crippen LogP contribution is -2.05. The number of hydrogen-bond acceptors (Lipinski definition) is 2. The van der Waals surface area contributed by atoms with Gasteiger partial charge in [-0.15, -0.1) is 0 Å². The third-order valence-electron chi connectivity index (χ3n) is 1.94. The predicted molar refractivity (Wildman–Crippen MR) is 60.6 cm³/mol. The summed E-state index contributed by atoms with van der Waals surface area (Å²) in [6.07, 6.45) is 5.63. The lowest BCUT2D eigenvalue weighted by molar-refractivity contribution is 0.0687. The fourth-order valence-corrected chi connectivity index (χ4v) is 1.20. The van der Waals surface area contributed by atoms with E-state index in [1.165, 1.54) is 25.7 Å². The van der Waals surface area contributed by atoms with E-state index in [4.69, 9.17) is 9.47 Å². The molecule has 0 aliphatic rings. The van der Waals surface area contributed by atoms with Crippen LogP contribution in [0, 0.1) is 0 Å². The summed E-state index contributed by atoms with van der Waals surface area (Å²) in [4.78, 5) is 0. The smallest absolute Gasteiger partial charge is 0.0518 e. The van der Waals surface area contributed by atoms with Crippen molar-refractivity contribution in [2.24, 2.45) is 0 Å². The summed E-state index contributed by atoms with van der Waals surface area (Å²) in [5.41, 5.74) is 0. The van der Waals surface area contributed by atoms with E-state index < -0.39 is 0 Å². The Hall–Kier alpha value is -0.0800. The highest BCUT2D eigenvalue weighted by Gasteiger charge is 1.95. The Morgan fingerprint density at radius 3 is 1.29 bits per heavy atom. The van der Waals surface area contributed by atoms with Crippen LogP contribution in [0.1, 0.15) is 53.4 Å². The van der Waals surface area contributed by atoms with Gasteiger partial charge >= 0.3 is 0 Å². The van der Waals surface area contributed by atoms with E-state index in [-0.39, 0.29) is 0 Å². The van der Waals surface area contributed by atoms with Crippen LogP contribution < -0.4 is 0 Å². The van der Waals surface area contributed by atoms with Crippen LogP contribution in [0.15, 0.2) is 0 Å². The molecule has 0 N–H and O–H groups in total. The predicted octanol–water partition coefficient (Wildman–Crippen LogP) is 3.40. The Labute approximate surface area is 89.0 Å². The third kappa shape index (κ3) is 11.9. The largest absolute Gasteiger partial charge is 0.379 e. The molecule has 86 valence electrons. The number of hydrogen-bond donors (Lipinski definition) is 0. The van der Waals surface area contributed by atoms with Crippen molar-refractivity contribution in [2.45, 2.75) is 65.6 Å². The van der Waals surface area contributed by atoms with Crippen molar-refractivity contribution in [2.75, 3.05) is 13.2 Å². The molecular formula is C12H26O2. The first kappa shape index (κ1) is 13.9. The lowest BCUT2D eigenvalue weighted by atomic mass is 10.2. The molecule has 2 nitrogen and oxygen atoms in total. The first-order valence-corrected chi connectivity index (χ1v) is 5.86. The maximum absolute atomic E-state index is 5.46. The Morgan fingerprint density at radius 1 is 0.643 bits per heavy atom. The molecule has 0 unspecified atom stereocenters. The van der Waals surface area contributed by atoms with Gasteiger partial charge in [-0.2, -0.15) is 0 Å². The maximum atomic E-state index is 5.46. The van der Waals surface area contributed by atoms with E-state index in [1.54, 1.807) is 0 Å². The van der Waals surface area contributed by atoms with Crippen molar-refractivity contribution in [1.29, 1.82) is 0 Å². The SMILES string of the molecule is CC(C)OCCCCCCOC(C)C. The second-order valence-corrected chi connectivity index (χ2v) is 4.25. The molecule has 14 heavy (non-hydrogen) atoms. The van der Waals surface area contributed by atoms with Gasteiger partial charge in [-0.05, 0) is 40.5 Å². The standard InChI is InChI=1S/C12H26O2/c1-11(2)13-9-7-5-6-8-10-14-12(3)4/h11-12H,5-10H2,1-4H3. The second-order valence-electron chi connectivity index (χ2n) is 4.25. The van der Waals surface area contributed by atoms with Crippen LogP contribution in [0.25, 0.3) is 0 Å². The van der Waals surface area contributed by atoms with Gasteiger partial charge in [-0.1, -0.05) is 12.8 Å². The molecule has 0 aromatic heterocycles. The minimum absolute atomic E-state index is 0.374. The van der Waals surface area contributed by atoms with Gasteiger partial charge in [0.1, 0.15) is 0 Å². The van der Waals surface area contributed by atoms with Gasteiger partial charge in [0, 0.05) is 13.2 Å². The Kier molecular flexibility index (Phi) is 9.42. The van der Waals surface area contributed by atoms with Crippen LogP contribution in [0.5, 0.6) is 0 Å². The molecule has 0 amide bonds. The molecule has 2 heteroatoms. The van der Waals surface area contributed by atoms with Crippen molar-refractivity contribution in [1.82, 2.24) is 0 Å². The van der Waals surface area contributed by atoms with Gasteiger partial charge in [0.2, 0.25) is 0 Å². The van der Waals surface area contributed by atoms with E-state index in [9.17, 15) is 0 Å². The monoisotopic (exact) mass is 202 g/mol. The van der Waals surface area contributed by atoms with Crippen molar-refractivity contribution in [3.05, 3.63) is 0 Å². The zero-order chi connectivity index (χ0) is 10.8. The average molecular weight is 202 g/mol. The summed E-state index contributed by atoms with van der Waals surface area (Å²) in [5, 5.41) is 0. The highest BCUT2D eigenvalue weighted by atomic mass is 16.5. The van der Waals surface area contributed by atoms with E-state index >= 15 is 0 Å². The van der Waals surface area contributed by atoms with E-state index in [0.717, 1.165) is 13.2 Å². The summed E-state index contributed by atoms with van der Waals surface area (Å²) >= 11 is 0. The third-order valence-corrected chi connectivity index (χ3v) is 1.94. The van der Waals surface area contributed by atoms with Gasteiger partial charge in [-0.25, -0.2) is 0 Å². The summed E-state index contributed by atoms with van der Waals surface area (Å²) in [5.74, 6) is 0. The Balaban J connectivity index is 2.92. The van der Waals surface area contributed by atoms with Crippen molar-refractivity contribution in [3.63, 3.8) is 0 Å². The van der Waals surface area contributed by atoms with E-state index in [0.29, 0.717) is 12.2 Å². The summed E-state index contributed by atoms with van der Waals surface area (Å²) in [7, 11) is 0. The summed E-state index contributed by atoms with van der Waals surface area (Å²) in [6, 6.07) is 0. The van der Waals surface area contributed by atoms with Crippen molar-refractivity contribution < 1.29 is 9.47 Å². The Bertz CT molecular complexity index is 96.9. The highest BCUT2D eigenvalue weighted by molar-refractivity contribution is 4.45. The molecule has 0 aromatic rings. The zero-order valence-corrected chi connectivity index (χ0v) is 10.2. The van der Waals surface area contributed by atoms with Gasteiger partial charge in [0.15, 0.2) is 0 Å². The Morgan fingerprint density at radius 2 is 1.00 bits per heavy atom. The molecule has 0 bridgehead atoms. The minimum Gasteiger partial charge on any atom is -0.379 e. The van der Waals surface area contributed by atoms with Gasteiger partial charge in [0.25, 0.3) is 0 Å². The van der Waals surface area contributed by atoms with Crippen molar-refractivity contribution in [3.8, 4) is 0 Å². The molecule has 0 rings (SSSR count). The second kappa shape index (κ2) is 9.47. The van der Waals surface area contributed by atoms with Crippen LogP contribution in [0.2, 0.25) is 0 Å². The first-order valence-electron chi connectivity index (χ1n) is 5.86. The fourth-order valence-electron chi connectivity index (χ4n) is 1.20. The topological polar surface area (TPSA) is 18.5 Å². The van der Waals surface area contributed by atoms with E-state index in [2.05, 4.69) is 27.7 Å². The summed E-state index contributed by atoms with van der Waals surface area (Å²) < 4.78 is 10.9. The number of ether oxygens (including phenoxy) is 2. The molecular weight excluding hydrogens is 176 g/mol. The zero-order valence-electron chi connectivity index (χ0n) is 10.2. The normalized spacial score (nSPS) is 11.6. The van der Waals surface area contributed by atoms with Gasteiger partial charge < -0.3 is 9.47 Å². The molecule has 0 atom stereocenters. The quantitative estimate of drug-likeness (QED) is 0.533. The molecule has 0 spiro atoms. The van der Waals surface area contributed by atoms with Crippen LogP contribution in [-0.4, -0.2) is 25.4 Å². The molecule has 0 saturated carbocycles. The molecule has 0 fully saturated rings. The molecule has 0 aromatic carbocycles. The molecule has 0 heterocycles. The van der Waals surface area contributed by atoms with Gasteiger partial charge in [-0.3, -0.25) is 0 Å². The number of rotatable bonds is 9. The van der Waals surface area contributed by atoms with Crippen LogP contribution >= 0.6 is 0 Å². The summed E-state index contributed by atoms with van der Waals surface area (Å²) in [6.45, 7) is 10.1. The lowest BCUT2D eigenvalue weighted by Gasteiger charge is -2.08. The van der Waals surface area contributed by atoms with Crippen molar-refractivity contribution >= 4 is 0 Å². The van der Waals surface area contributed by atoms with Crippen LogP contribution in [0.3, 0.4) is 0 Å². The molecule has 0 aliphatic carbocycles. The maximum Gasteiger partial charge on any atom is 0.0518 e. The van der Waals surface area contributed by atoms with E-state index in [1.807, 2.05) is 0 Å². The van der Waals surface area contributed by atoms with Crippen LogP contribution in [-0.2, 0) is 9.47 Å². The van der Waals surface area contributed by atoms with Crippen LogP contribution in [0.4, 0.5) is 0 Å². The van der Waals surface area contributed by atoms with Gasteiger partial charge in [0.05, 0.1) is 12.2 Å². The molecule has 0 radical (unpaired) electrons. The first-order chi connectivity index (χ1) is 6.63. The fraction of sp³-hybridized carbons (Fsp3) is 1.00. The average Bonchev–Trinajstić information content (AvgIpc) is 2.08. The minimum atomic E-state index is 0.374. The molecule has 0 saturated heterocycles. The molecule has 0 aliphatic heterocycles.